The summed E-state index contributed by atoms with van der Waals surface area (Å²) < 4.78 is 5.39. The van der Waals surface area contributed by atoms with Crippen LogP contribution in [0, 0.1) is 12.3 Å². The normalized spacial score (nSPS) is 24.2. The highest BCUT2D eigenvalue weighted by Crippen LogP contribution is 2.53. The Morgan fingerprint density at radius 3 is 2.69 bits per heavy atom. The van der Waals surface area contributed by atoms with Crippen molar-refractivity contribution in [2.24, 2.45) is 5.41 Å². The molecule has 0 bridgehead atoms. The Hall–Kier alpha value is -1.06. The van der Waals surface area contributed by atoms with E-state index in [2.05, 4.69) is 15.1 Å². The first-order chi connectivity index (χ1) is 6.27. The van der Waals surface area contributed by atoms with Gasteiger partial charge >= 0.3 is 6.01 Å². The Morgan fingerprint density at radius 2 is 2.15 bits per heavy atom. The second-order valence-electron chi connectivity index (χ2n) is 4.28. The SMILES string of the molecule is Cc1nnc(N2CCC3(CC3)C2)o1. The molecule has 2 heterocycles. The van der Waals surface area contributed by atoms with E-state index in [0.717, 1.165) is 13.1 Å². The van der Waals surface area contributed by atoms with Gasteiger partial charge in [0.15, 0.2) is 0 Å². The van der Waals surface area contributed by atoms with Gasteiger partial charge in [-0.05, 0) is 24.7 Å². The van der Waals surface area contributed by atoms with E-state index in [1.165, 1.54) is 19.3 Å². The van der Waals surface area contributed by atoms with Gasteiger partial charge in [0, 0.05) is 20.0 Å². The third-order valence-corrected chi connectivity index (χ3v) is 3.18. The minimum absolute atomic E-state index is 0.627. The molecular formula is C9H13N3O. The molecule has 70 valence electrons. The number of anilines is 1. The van der Waals surface area contributed by atoms with Crippen LogP contribution in [0.3, 0.4) is 0 Å². The number of hydrogen-bond acceptors (Lipinski definition) is 4. The van der Waals surface area contributed by atoms with Crippen molar-refractivity contribution in [3.8, 4) is 0 Å². The standard InChI is InChI=1S/C9H13N3O/c1-7-10-11-8(13-7)12-5-4-9(6-12)2-3-9/h2-6H2,1H3. The smallest absolute Gasteiger partial charge is 0.318 e. The molecule has 1 saturated carbocycles. The Kier molecular flexibility index (Phi) is 1.27. The lowest BCUT2D eigenvalue weighted by Gasteiger charge is -2.11. The summed E-state index contributed by atoms with van der Waals surface area (Å²) in [5, 5.41) is 7.87. The average Bonchev–Trinajstić information content (AvgIpc) is 2.55. The highest BCUT2D eigenvalue weighted by atomic mass is 16.4. The molecule has 13 heavy (non-hydrogen) atoms. The van der Waals surface area contributed by atoms with E-state index < -0.39 is 0 Å². The first kappa shape index (κ1) is 7.35. The lowest BCUT2D eigenvalue weighted by Crippen LogP contribution is -2.20. The summed E-state index contributed by atoms with van der Waals surface area (Å²) in [5.41, 5.74) is 0.627. The maximum absolute atomic E-state index is 5.39. The van der Waals surface area contributed by atoms with Crippen LogP contribution in [0.1, 0.15) is 25.2 Å². The molecule has 1 aliphatic carbocycles. The summed E-state index contributed by atoms with van der Waals surface area (Å²) in [6, 6.07) is 0.710. The summed E-state index contributed by atoms with van der Waals surface area (Å²) in [7, 11) is 0. The van der Waals surface area contributed by atoms with Crippen molar-refractivity contribution in [1.29, 1.82) is 0 Å². The second-order valence-corrected chi connectivity index (χ2v) is 4.28. The minimum atomic E-state index is 0.627. The van der Waals surface area contributed by atoms with Gasteiger partial charge in [0.05, 0.1) is 0 Å². The van der Waals surface area contributed by atoms with E-state index in [-0.39, 0.29) is 0 Å². The summed E-state index contributed by atoms with van der Waals surface area (Å²) in [5.74, 6) is 0.659. The van der Waals surface area contributed by atoms with Crippen molar-refractivity contribution in [2.75, 3.05) is 18.0 Å². The minimum Gasteiger partial charge on any atom is -0.408 e. The van der Waals surface area contributed by atoms with Crippen molar-refractivity contribution < 1.29 is 4.42 Å². The fourth-order valence-electron chi connectivity index (χ4n) is 2.10. The number of aryl methyl sites for hydroxylation is 1. The van der Waals surface area contributed by atoms with Crippen molar-refractivity contribution >= 4 is 6.01 Å². The first-order valence-corrected chi connectivity index (χ1v) is 4.83. The Labute approximate surface area is 76.9 Å². The quantitative estimate of drug-likeness (QED) is 0.653. The molecule has 0 unspecified atom stereocenters. The number of nitrogens with zero attached hydrogens (tertiary/aromatic N) is 3. The lowest BCUT2D eigenvalue weighted by atomic mass is 10.1. The molecule has 0 N–H and O–H groups in total. The number of hydrogen-bond donors (Lipinski definition) is 0. The lowest BCUT2D eigenvalue weighted by molar-refractivity contribution is 0.506. The summed E-state index contributed by atoms with van der Waals surface area (Å²) in [4.78, 5) is 2.22. The third kappa shape index (κ3) is 1.12. The molecule has 0 radical (unpaired) electrons. The van der Waals surface area contributed by atoms with Crippen molar-refractivity contribution in [3.05, 3.63) is 5.89 Å². The Balaban J connectivity index is 1.80. The van der Waals surface area contributed by atoms with Gasteiger partial charge in [-0.25, -0.2) is 0 Å². The van der Waals surface area contributed by atoms with E-state index in [9.17, 15) is 0 Å². The molecule has 3 rings (SSSR count). The first-order valence-electron chi connectivity index (χ1n) is 4.83. The van der Waals surface area contributed by atoms with Crippen LogP contribution in [0.25, 0.3) is 0 Å². The zero-order chi connectivity index (χ0) is 8.89. The second kappa shape index (κ2) is 2.25. The molecule has 1 aromatic rings. The molecule has 0 amide bonds. The molecule has 1 saturated heterocycles. The van der Waals surface area contributed by atoms with Crippen LogP contribution in [0.2, 0.25) is 0 Å². The highest BCUT2D eigenvalue weighted by molar-refractivity contribution is 5.29. The molecule has 1 aliphatic heterocycles. The molecule has 1 aromatic heterocycles. The zero-order valence-corrected chi connectivity index (χ0v) is 7.79. The van der Waals surface area contributed by atoms with Gasteiger partial charge in [0.2, 0.25) is 5.89 Å². The molecule has 0 atom stereocenters. The van der Waals surface area contributed by atoms with Crippen molar-refractivity contribution in [2.45, 2.75) is 26.2 Å². The van der Waals surface area contributed by atoms with Gasteiger partial charge in [-0.1, -0.05) is 5.10 Å². The van der Waals surface area contributed by atoms with Gasteiger partial charge < -0.3 is 9.32 Å². The van der Waals surface area contributed by atoms with Gasteiger partial charge in [-0.3, -0.25) is 0 Å². The van der Waals surface area contributed by atoms with Crippen LogP contribution >= 0.6 is 0 Å². The van der Waals surface area contributed by atoms with Gasteiger partial charge in [-0.15, -0.1) is 5.10 Å². The highest BCUT2D eigenvalue weighted by Gasteiger charge is 2.48. The van der Waals surface area contributed by atoms with Crippen LogP contribution < -0.4 is 4.90 Å². The summed E-state index contributed by atoms with van der Waals surface area (Å²) in [6.45, 7) is 4.04. The molecular weight excluding hydrogens is 166 g/mol. The summed E-state index contributed by atoms with van der Waals surface area (Å²) >= 11 is 0. The van der Waals surface area contributed by atoms with Crippen LogP contribution in [-0.4, -0.2) is 23.3 Å². The molecule has 1 spiro atoms. The monoisotopic (exact) mass is 179 g/mol. The fraction of sp³-hybridized carbons (Fsp3) is 0.778. The van der Waals surface area contributed by atoms with Crippen LogP contribution in [0.15, 0.2) is 4.42 Å². The van der Waals surface area contributed by atoms with Gasteiger partial charge in [0.1, 0.15) is 0 Å². The molecule has 2 aliphatic rings. The molecule has 2 fully saturated rings. The summed E-state index contributed by atoms with van der Waals surface area (Å²) in [6.07, 6.45) is 4.07. The zero-order valence-electron chi connectivity index (χ0n) is 7.79. The largest absolute Gasteiger partial charge is 0.408 e. The van der Waals surface area contributed by atoms with Crippen LogP contribution in [-0.2, 0) is 0 Å². The van der Waals surface area contributed by atoms with Gasteiger partial charge in [0.25, 0.3) is 0 Å². The molecule has 4 heteroatoms. The fourth-order valence-corrected chi connectivity index (χ4v) is 2.10. The van der Waals surface area contributed by atoms with Crippen molar-refractivity contribution in [3.63, 3.8) is 0 Å². The predicted octanol–water partition coefficient (Wildman–Crippen LogP) is 1.37. The maximum atomic E-state index is 5.39. The van der Waals surface area contributed by atoms with Crippen molar-refractivity contribution in [1.82, 2.24) is 10.2 Å². The van der Waals surface area contributed by atoms with E-state index in [4.69, 9.17) is 4.42 Å². The van der Waals surface area contributed by atoms with E-state index >= 15 is 0 Å². The van der Waals surface area contributed by atoms with E-state index in [0.29, 0.717) is 17.3 Å². The average molecular weight is 179 g/mol. The van der Waals surface area contributed by atoms with Gasteiger partial charge in [-0.2, -0.15) is 0 Å². The van der Waals surface area contributed by atoms with E-state index in [1.54, 1.807) is 0 Å². The predicted molar refractivity (Wildman–Crippen MR) is 47.5 cm³/mol. The Morgan fingerprint density at radius 1 is 1.31 bits per heavy atom. The van der Waals surface area contributed by atoms with E-state index in [1.807, 2.05) is 6.92 Å². The topological polar surface area (TPSA) is 42.2 Å². The third-order valence-electron chi connectivity index (χ3n) is 3.18. The van der Waals surface area contributed by atoms with Crippen LogP contribution in [0.4, 0.5) is 6.01 Å². The molecule has 4 nitrogen and oxygen atoms in total. The number of aromatic nitrogens is 2. The Bertz CT molecular complexity index is 329. The molecule has 0 aromatic carbocycles. The number of rotatable bonds is 1. The maximum Gasteiger partial charge on any atom is 0.318 e. The van der Waals surface area contributed by atoms with Crippen LogP contribution in [0.5, 0.6) is 0 Å².